The number of nitrogens with zero attached hydrogens (tertiary/aromatic N) is 1. The van der Waals surface area contributed by atoms with E-state index in [2.05, 4.69) is 10.3 Å². The molecule has 6 atom stereocenters. The lowest BCUT2D eigenvalue weighted by atomic mass is 9.69. The van der Waals surface area contributed by atoms with Gasteiger partial charge in [0.2, 0.25) is 18.0 Å². The van der Waals surface area contributed by atoms with Crippen LogP contribution in [-0.2, 0) is 35.1 Å². The molecule has 7 N–H and O–H groups in total. The Morgan fingerprint density at radius 2 is 1.91 bits per heavy atom. The predicted molar refractivity (Wildman–Crippen MR) is 159 cm³/mol. The maximum atomic E-state index is 13.2. The number of carbonyl (C=O) groups excluding carboxylic acids is 3. The molecule has 0 aromatic carbocycles. The third-order valence-corrected chi connectivity index (χ3v) is 9.89. The quantitative estimate of drug-likeness (QED) is 0.0917. The highest BCUT2D eigenvalue weighted by Gasteiger charge is 2.52. The molecule has 13 nitrogen and oxygen atoms in total. The van der Waals surface area contributed by atoms with E-state index in [1.807, 2.05) is 30.4 Å². The number of hydrogen-bond acceptors (Lipinski definition) is 10. The third-order valence-electron chi connectivity index (χ3n) is 8.24. The van der Waals surface area contributed by atoms with Crippen molar-refractivity contribution in [3.8, 4) is 0 Å². The number of carbonyl (C=O) groups is 5. The zero-order valence-electron chi connectivity index (χ0n) is 24.4. The van der Waals surface area contributed by atoms with Gasteiger partial charge in [0.25, 0.3) is 0 Å². The van der Waals surface area contributed by atoms with Crippen LogP contribution in [0.3, 0.4) is 0 Å². The van der Waals surface area contributed by atoms with Crippen molar-refractivity contribution in [3.05, 3.63) is 53.1 Å². The standard InChI is InChI=1S/C30H38N4O9S/c1-2-8-30(44-15-21(25(36)34-26(37)28(40)41)33-22(35)4-3-20(31)27(38)39)9-5-18-13-17(12-16-6-10-32-11-7-16)14-19-23(18)24(30)43-29(19)42/h6-7,10-11,14,18-21,26,37H,2-5,8-9,12-13,15,31H2,1H3,(H,33,35)(H,34,36)(H,38,39)(H,40,41)/t18-,19+,20+,21+,26+,30-/m1/s1. The second-order valence-corrected chi connectivity index (χ2v) is 12.8. The molecule has 0 spiro atoms. The molecule has 0 saturated carbocycles. The first kappa shape index (κ1) is 33.1. The lowest BCUT2D eigenvalue weighted by Crippen LogP contribution is -2.53. The van der Waals surface area contributed by atoms with E-state index >= 15 is 0 Å². The smallest absolute Gasteiger partial charge is 0.353 e. The van der Waals surface area contributed by atoms with Crippen LogP contribution in [0, 0.1) is 11.8 Å². The van der Waals surface area contributed by atoms with Crippen LogP contribution >= 0.6 is 11.8 Å². The number of amides is 2. The van der Waals surface area contributed by atoms with Gasteiger partial charge in [0.1, 0.15) is 23.8 Å². The second-order valence-electron chi connectivity index (χ2n) is 11.4. The van der Waals surface area contributed by atoms with Crippen molar-refractivity contribution in [1.29, 1.82) is 0 Å². The number of carboxylic acids is 2. The normalized spacial score (nSPS) is 24.3. The van der Waals surface area contributed by atoms with Crippen LogP contribution in [0.15, 0.2) is 47.5 Å². The summed E-state index contributed by atoms with van der Waals surface area (Å²) in [5.74, 6) is -4.63. The van der Waals surface area contributed by atoms with Crippen LogP contribution < -0.4 is 16.4 Å². The first-order valence-corrected chi connectivity index (χ1v) is 15.6. The first-order valence-electron chi connectivity index (χ1n) is 14.6. The molecule has 3 aliphatic rings. The summed E-state index contributed by atoms with van der Waals surface area (Å²) in [5, 5.41) is 32.3. The van der Waals surface area contributed by atoms with Gasteiger partial charge < -0.3 is 36.4 Å². The number of nitrogens with two attached hydrogens (primary N) is 1. The molecule has 238 valence electrons. The zero-order chi connectivity index (χ0) is 32.0. The number of hydrogen-bond donors (Lipinski definition) is 6. The van der Waals surface area contributed by atoms with Gasteiger partial charge in [-0.1, -0.05) is 25.0 Å². The Balaban J connectivity index is 1.56. The number of aliphatic hydroxyl groups is 1. The number of thioether (sulfide) groups is 1. The van der Waals surface area contributed by atoms with Gasteiger partial charge in [-0.3, -0.25) is 24.2 Å². The Hall–Kier alpha value is -3.75. The van der Waals surface area contributed by atoms with E-state index in [1.165, 1.54) is 17.3 Å². The van der Waals surface area contributed by atoms with Crippen LogP contribution in [0.2, 0.25) is 0 Å². The summed E-state index contributed by atoms with van der Waals surface area (Å²) < 4.78 is 5.33. The van der Waals surface area contributed by atoms with Crippen LogP contribution in [0.25, 0.3) is 0 Å². The van der Waals surface area contributed by atoms with Crippen molar-refractivity contribution in [2.45, 2.75) is 81.3 Å². The van der Waals surface area contributed by atoms with Crippen molar-refractivity contribution in [2.24, 2.45) is 17.6 Å². The van der Waals surface area contributed by atoms with Crippen LogP contribution in [0.4, 0.5) is 0 Å². The molecular formula is C30H38N4O9S. The molecule has 0 fully saturated rings. The fourth-order valence-corrected chi connectivity index (χ4v) is 7.72. The highest BCUT2D eigenvalue weighted by molar-refractivity contribution is 8.00. The zero-order valence-corrected chi connectivity index (χ0v) is 25.2. The lowest BCUT2D eigenvalue weighted by molar-refractivity contribution is -0.151. The summed E-state index contributed by atoms with van der Waals surface area (Å²) >= 11 is 1.35. The summed E-state index contributed by atoms with van der Waals surface area (Å²) in [6, 6.07) is 1.36. The van der Waals surface area contributed by atoms with Gasteiger partial charge in [-0.25, -0.2) is 4.79 Å². The van der Waals surface area contributed by atoms with E-state index in [-0.39, 0.29) is 30.5 Å². The number of ether oxygens (including phenoxy) is 1. The maximum Gasteiger partial charge on any atom is 0.353 e. The maximum absolute atomic E-state index is 13.2. The minimum Gasteiger partial charge on any atom is -0.480 e. The number of rotatable bonds is 15. The number of aliphatic hydroxyl groups excluding tert-OH is 1. The molecule has 2 heterocycles. The molecule has 2 aliphatic carbocycles. The lowest BCUT2D eigenvalue weighted by Gasteiger charge is -2.42. The van der Waals surface area contributed by atoms with E-state index in [0.29, 0.717) is 18.6 Å². The number of nitrogens with one attached hydrogen (secondary N) is 2. The van der Waals surface area contributed by atoms with E-state index < -0.39 is 52.7 Å². The Morgan fingerprint density at radius 1 is 1.18 bits per heavy atom. The largest absolute Gasteiger partial charge is 0.480 e. The van der Waals surface area contributed by atoms with Gasteiger partial charge >= 0.3 is 17.9 Å². The summed E-state index contributed by atoms with van der Waals surface area (Å²) in [6.45, 7) is 2.00. The van der Waals surface area contributed by atoms with Crippen molar-refractivity contribution in [3.63, 3.8) is 0 Å². The van der Waals surface area contributed by atoms with Gasteiger partial charge in [0, 0.05) is 24.6 Å². The average molecular weight is 631 g/mol. The monoisotopic (exact) mass is 630 g/mol. The fourth-order valence-electron chi connectivity index (χ4n) is 6.10. The van der Waals surface area contributed by atoms with Crippen LogP contribution in [0.1, 0.15) is 57.4 Å². The molecule has 4 rings (SSSR count). The molecule has 14 heteroatoms. The van der Waals surface area contributed by atoms with E-state index in [9.17, 15) is 29.1 Å². The SMILES string of the molecule is CCC[C@@]1(SC[C@H](NC(=O)CC[C@H](N)C(=O)O)C(=O)N[C@@H](O)C(=O)O)CC[C@@H]2CC(Cc3ccncc3)=C[C@@H]3C(=O)OC1=C23. The number of carboxylic acid groups (broad SMARTS) is 2. The van der Waals surface area contributed by atoms with E-state index in [0.717, 1.165) is 36.8 Å². The summed E-state index contributed by atoms with van der Waals surface area (Å²) in [6.07, 6.45) is 7.18. The van der Waals surface area contributed by atoms with Crippen molar-refractivity contribution in [2.75, 3.05) is 5.75 Å². The van der Waals surface area contributed by atoms with Gasteiger partial charge in [0.15, 0.2) is 0 Å². The molecule has 0 saturated heterocycles. The Morgan fingerprint density at radius 3 is 2.57 bits per heavy atom. The molecular weight excluding hydrogens is 592 g/mol. The van der Waals surface area contributed by atoms with Crippen molar-refractivity contribution < 1.29 is 44.0 Å². The average Bonchev–Trinajstić information content (AvgIpc) is 3.33. The van der Waals surface area contributed by atoms with Crippen LogP contribution in [-0.4, -0.2) is 78.8 Å². The Labute approximate surface area is 258 Å². The minimum absolute atomic E-state index is 0.0261. The van der Waals surface area contributed by atoms with Crippen LogP contribution in [0.5, 0.6) is 0 Å². The first-order chi connectivity index (χ1) is 20.9. The van der Waals surface area contributed by atoms with E-state index in [4.69, 9.17) is 20.7 Å². The molecule has 0 unspecified atom stereocenters. The Bertz CT molecular complexity index is 1350. The molecule has 0 bridgehead atoms. The number of aromatic nitrogens is 1. The highest BCUT2D eigenvalue weighted by Crippen LogP contribution is 2.56. The second kappa shape index (κ2) is 14.4. The number of esters is 1. The fraction of sp³-hybridized carbons (Fsp3) is 0.533. The summed E-state index contributed by atoms with van der Waals surface area (Å²) in [5.41, 5.74) is 8.74. The molecule has 1 aromatic rings. The van der Waals surface area contributed by atoms with Crippen molar-refractivity contribution >= 4 is 41.5 Å². The number of aliphatic carboxylic acids is 2. The number of allylic oxidation sites excluding steroid dienone is 1. The highest BCUT2D eigenvalue weighted by atomic mass is 32.2. The summed E-state index contributed by atoms with van der Waals surface area (Å²) in [4.78, 5) is 65.1. The Kier molecular flexibility index (Phi) is 10.8. The van der Waals surface area contributed by atoms with Gasteiger partial charge in [-0.2, -0.15) is 0 Å². The van der Waals surface area contributed by atoms with E-state index in [1.54, 1.807) is 12.4 Å². The van der Waals surface area contributed by atoms with Gasteiger partial charge in [0.05, 0.1) is 4.75 Å². The topological polar surface area (TPSA) is 218 Å². The number of pyridine rings is 1. The molecule has 44 heavy (non-hydrogen) atoms. The predicted octanol–water partition coefficient (Wildman–Crippen LogP) is 1.26. The minimum atomic E-state index is -2.19. The molecule has 1 aromatic heterocycles. The van der Waals surface area contributed by atoms with Gasteiger partial charge in [-0.05, 0) is 67.7 Å². The van der Waals surface area contributed by atoms with Gasteiger partial charge in [-0.15, -0.1) is 11.8 Å². The molecule has 2 amide bonds. The molecule has 0 radical (unpaired) electrons. The molecule has 1 aliphatic heterocycles. The summed E-state index contributed by atoms with van der Waals surface area (Å²) in [7, 11) is 0. The third kappa shape index (κ3) is 7.66. The van der Waals surface area contributed by atoms with Crippen molar-refractivity contribution in [1.82, 2.24) is 15.6 Å².